The van der Waals surface area contributed by atoms with Crippen molar-refractivity contribution in [2.45, 2.75) is 20.4 Å². The van der Waals surface area contributed by atoms with E-state index >= 15 is 0 Å². The second-order valence-electron chi connectivity index (χ2n) is 4.46. The van der Waals surface area contributed by atoms with Crippen LogP contribution < -0.4 is 0 Å². The van der Waals surface area contributed by atoms with E-state index in [1.54, 1.807) is 0 Å². The summed E-state index contributed by atoms with van der Waals surface area (Å²) in [4.78, 5) is 3.25. The minimum absolute atomic E-state index is 0.669. The fourth-order valence-corrected chi connectivity index (χ4v) is 3.71. The summed E-state index contributed by atoms with van der Waals surface area (Å²) in [6, 6.07) is 5.78. The molecule has 0 aliphatic carbocycles. The molecule has 0 unspecified atom stereocenters. The van der Waals surface area contributed by atoms with Gasteiger partial charge >= 0.3 is 0 Å². The molecular formula is C13H12ClIN4S. The molecule has 104 valence electrons. The third-order valence-electron chi connectivity index (χ3n) is 3.20. The SMILES string of the molecule is CCn1nc(C)c2[nH]c(=S)n(-c3ccc(Cl)cc3I)c21. The molecule has 0 spiro atoms. The summed E-state index contributed by atoms with van der Waals surface area (Å²) in [7, 11) is 0. The first kappa shape index (κ1) is 14.1. The maximum absolute atomic E-state index is 6.03. The van der Waals surface area contributed by atoms with Gasteiger partial charge in [0, 0.05) is 15.1 Å². The van der Waals surface area contributed by atoms with E-state index in [4.69, 9.17) is 23.8 Å². The van der Waals surface area contributed by atoms with Gasteiger partial charge in [0.05, 0.1) is 11.4 Å². The molecule has 0 aliphatic heterocycles. The standard InChI is InChI=1S/C13H12ClIN4S/c1-3-18-12-11(7(2)17-18)16-13(20)19(12)10-5-4-8(14)6-9(10)15/h4-6H,3H2,1-2H3,(H,16,20). The van der Waals surface area contributed by atoms with Gasteiger partial charge in [-0.25, -0.2) is 4.68 Å². The first-order valence-electron chi connectivity index (χ1n) is 6.16. The Balaban J connectivity index is 2.41. The number of benzene rings is 1. The molecule has 1 N–H and O–H groups in total. The number of nitrogens with one attached hydrogen (secondary N) is 1. The van der Waals surface area contributed by atoms with Crippen LogP contribution in [0, 0.1) is 15.3 Å². The molecule has 0 radical (unpaired) electrons. The van der Waals surface area contributed by atoms with Gasteiger partial charge in [-0.1, -0.05) is 11.6 Å². The molecule has 3 aromatic rings. The molecule has 0 bridgehead atoms. The van der Waals surface area contributed by atoms with Crippen LogP contribution in [0.5, 0.6) is 0 Å². The molecule has 4 nitrogen and oxygen atoms in total. The number of hydrogen-bond acceptors (Lipinski definition) is 2. The average molecular weight is 419 g/mol. The number of aromatic amines is 1. The summed E-state index contributed by atoms with van der Waals surface area (Å²) in [5.41, 5.74) is 3.95. The fraction of sp³-hybridized carbons (Fsp3) is 0.231. The highest BCUT2D eigenvalue weighted by atomic mass is 127. The molecule has 2 aromatic heterocycles. The Morgan fingerprint density at radius 1 is 1.45 bits per heavy atom. The molecule has 2 heterocycles. The molecule has 0 saturated heterocycles. The summed E-state index contributed by atoms with van der Waals surface area (Å²) in [6.07, 6.45) is 0. The van der Waals surface area contributed by atoms with Crippen molar-refractivity contribution in [3.63, 3.8) is 0 Å². The van der Waals surface area contributed by atoms with Gasteiger partial charge in [0.25, 0.3) is 0 Å². The Morgan fingerprint density at radius 3 is 2.85 bits per heavy atom. The van der Waals surface area contributed by atoms with Gasteiger partial charge < -0.3 is 4.98 Å². The van der Waals surface area contributed by atoms with Crippen molar-refractivity contribution >= 4 is 57.6 Å². The summed E-state index contributed by atoms with van der Waals surface area (Å²) in [6.45, 7) is 4.84. The lowest BCUT2D eigenvalue weighted by Crippen LogP contribution is -2.04. The largest absolute Gasteiger partial charge is 0.327 e. The number of imidazole rings is 1. The van der Waals surface area contributed by atoms with Crippen molar-refractivity contribution in [3.8, 4) is 5.69 Å². The maximum atomic E-state index is 6.03. The smallest absolute Gasteiger partial charge is 0.184 e. The van der Waals surface area contributed by atoms with E-state index in [9.17, 15) is 0 Å². The van der Waals surface area contributed by atoms with Crippen molar-refractivity contribution in [1.82, 2.24) is 19.3 Å². The zero-order valence-electron chi connectivity index (χ0n) is 10.9. The van der Waals surface area contributed by atoms with Gasteiger partial charge in [-0.3, -0.25) is 4.57 Å². The molecule has 1 aromatic carbocycles. The quantitative estimate of drug-likeness (QED) is 0.492. The zero-order valence-corrected chi connectivity index (χ0v) is 14.7. The van der Waals surface area contributed by atoms with Crippen LogP contribution in [0.25, 0.3) is 16.9 Å². The van der Waals surface area contributed by atoms with Gasteiger partial charge in [0.1, 0.15) is 5.52 Å². The molecular weight excluding hydrogens is 407 g/mol. The predicted molar refractivity (Wildman–Crippen MR) is 92.4 cm³/mol. The van der Waals surface area contributed by atoms with Crippen molar-refractivity contribution in [3.05, 3.63) is 37.3 Å². The Morgan fingerprint density at radius 2 is 2.20 bits per heavy atom. The number of rotatable bonds is 2. The number of aromatic nitrogens is 4. The van der Waals surface area contributed by atoms with Crippen LogP contribution >= 0.6 is 46.4 Å². The van der Waals surface area contributed by atoms with Crippen LogP contribution in [0.1, 0.15) is 12.6 Å². The molecule has 20 heavy (non-hydrogen) atoms. The Kier molecular flexibility index (Phi) is 3.64. The van der Waals surface area contributed by atoms with Crippen LogP contribution in [0.3, 0.4) is 0 Å². The summed E-state index contributed by atoms with van der Waals surface area (Å²) in [5.74, 6) is 0. The number of fused-ring (bicyclic) bond motifs is 1. The van der Waals surface area contributed by atoms with Gasteiger partial charge in [-0.15, -0.1) is 0 Å². The van der Waals surface area contributed by atoms with E-state index in [1.165, 1.54) is 0 Å². The minimum Gasteiger partial charge on any atom is -0.327 e. The first-order chi connectivity index (χ1) is 9.52. The Labute approximate surface area is 139 Å². The summed E-state index contributed by atoms with van der Waals surface area (Å²) in [5, 5.41) is 5.25. The highest BCUT2D eigenvalue weighted by molar-refractivity contribution is 14.1. The van der Waals surface area contributed by atoms with Crippen LogP contribution in [-0.2, 0) is 6.54 Å². The van der Waals surface area contributed by atoms with Gasteiger partial charge in [0.15, 0.2) is 10.4 Å². The van der Waals surface area contributed by atoms with Crippen LogP contribution in [-0.4, -0.2) is 19.3 Å². The Hall–Kier alpha value is -0.860. The molecule has 0 saturated carbocycles. The van der Waals surface area contributed by atoms with Crippen molar-refractivity contribution < 1.29 is 0 Å². The first-order valence-corrected chi connectivity index (χ1v) is 8.03. The van der Waals surface area contributed by atoms with E-state index in [2.05, 4.69) is 39.6 Å². The summed E-state index contributed by atoms with van der Waals surface area (Å²) >= 11 is 13.8. The maximum Gasteiger partial charge on any atom is 0.184 e. The van der Waals surface area contributed by atoms with E-state index in [-0.39, 0.29) is 0 Å². The second-order valence-corrected chi connectivity index (χ2v) is 6.45. The lowest BCUT2D eigenvalue weighted by atomic mass is 10.3. The topological polar surface area (TPSA) is 38.5 Å². The van der Waals surface area contributed by atoms with Crippen molar-refractivity contribution in [1.29, 1.82) is 0 Å². The molecule has 0 atom stereocenters. The van der Waals surface area contributed by atoms with Crippen molar-refractivity contribution in [2.24, 2.45) is 0 Å². The number of halogens is 2. The predicted octanol–water partition coefficient (Wildman–Crippen LogP) is 4.47. The number of H-pyrrole nitrogens is 1. The van der Waals surface area contributed by atoms with Gasteiger partial charge in [-0.2, -0.15) is 5.10 Å². The van der Waals surface area contributed by atoms with Crippen molar-refractivity contribution in [2.75, 3.05) is 0 Å². The number of hydrogen-bond donors (Lipinski definition) is 1. The monoisotopic (exact) mass is 418 g/mol. The van der Waals surface area contributed by atoms with E-state index in [0.29, 0.717) is 4.77 Å². The van der Waals surface area contributed by atoms with E-state index in [1.807, 2.05) is 34.4 Å². The molecule has 3 rings (SSSR count). The third kappa shape index (κ3) is 2.10. The average Bonchev–Trinajstić information content (AvgIpc) is 2.88. The van der Waals surface area contributed by atoms with E-state index < -0.39 is 0 Å². The molecule has 0 aliphatic rings. The zero-order chi connectivity index (χ0) is 14.4. The normalized spacial score (nSPS) is 11.4. The molecule has 0 fully saturated rings. The lowest BCUT2D eigenvalue weighted by molar-refractivity contribution is 0.661. The van der Waals surface area contributed by atoms with Gasteiger partial charge in [0.2, 0.25) is 0 Å². The Bertz CT molecular complexity index is 861. The van der Waals surface area contributed by atoms with E-state index in [0.717, 1.165) is 37.7 Å². The third-order valence-corrected chi connectivity index (χ3v) is 4.58. The highest BCUT2D eigenvalue weighted by Crippen LogP contribution is 2.27. The lowest BCUT2D eigenvalue weighted by Gasteiger charge is -2.08. The van der Waals surface area contributed by atoms with Crippen LogP contribution in [0.2, 0.25) is 5.02 Å². The minimum atomic E-state index is 0.669. The number of aryl methyl sites for hydroxylation is 2. The highest BCUT2D eigenvalue weighted by Gasteiger charge is 2.16. The number of nitrogens with zero attached hydrogens (tertiary/aromatic N) is 3. The summed E-state index contributed by atoms with van der Waals surface area (Å²) < 4.78 is 5.70. The second kappa shape index (κ2) is 5.16. The van der Waals surface area contributed by atoms with Crippen LogP contribution in [0.15, 0.2) is 18.2 Å². The van der Waals surface area contributed by atoms with Crippen LogP contribution in [0.4, 0.5) is 0 Å². The molecule has 7 heteroatoms. The van der Waals surface area contributed by atoms with Gasteiger partial charge in [-0.05, 0) is 66.9 Å². The fourth-order valence-electron chi connectivity index (χ4n) is 2.31. The molecule has 0 amide bonds.